The molecule has 134 valence electrons. The molecule has 0 spiro atoms. The van der Waals surface area contributed by atoms with E-state index in [1.165, 1.54) is 6.07 Å². The molecule has 0 bridgehead atoms. The Labute approximate surface area is 148 Å². The third kappa shape index (κ3) is 5.04. The molecule has 2 aromatic carbocycles. The van der Waals surface area contributed by atoms with Gasteiger partial charge in [-0.15, -0.1) is 0 Å². The number of hydrogen-bond donors (Lipinski definition) is 3. The van der Waals surface area contributed by atoms with E-state index in [2.05, 4.69) is 15.4 Å². The van der Waals surface area contributed by atoms with Crippen LogP contribution in [0.3, 0.4) is 0 Å². The highest BCUT2D eigenvalue weighted by atomic mass is 32.2. The first-order valence-corrected chi connectivity index (χ1v) is 9.46. The van der Waals surface area contributed by atoms with E-state index in [1.807, 2.05) is 6.07 Å². The summed E-state index contributed by atoms with van der Waals surface area (Å²) in [6.45, 7) is 4.06. The van der Waals surface area contributed by atoms with Crippen molar-refractivity contribution in [1.29, 1.82) is 0 Å². The molecule has 7 heteroatoms. The monoisotopic (exact) mass is 361 g/mol. The molecule has 0 radical (unpaired) electrons. The molecule has 0 saturated carbocycles. The molecule has 0 fully saturated rings. The van der Waals surface area contributed by atoms with E-state index in [-0.39, 0.29) is 16.7 Å². The van der Waals surface area contributed by atoms with Gasteiger partial charge in [-0.1, -0.05) is 31.2 Å². The van der Waals surface area contributed by atoms with Crippen molar-refractivity contribution in [3.05, 3.63) is 54.1 Å². The predicted molar refractivity (Wildman–Crippen MR) is 100 cm³/mol. The molecule has 1 unspecified atom stereocenters. The van der Waals surface area contributed by atoms with Crippen LogP contribution >= 0.6 is 0 Å². The summed E-state index contributed by atoms with van der Waals surface area (Å²) in [5.74, 6) is -0.397. The van der Waals surface area contributed by atoms with E-state index in [0.29, 0.717) is 23.5 Å². The molecule has 0 heterocycles. The van der Waals surface area contributed by atoms with Crippen molar-refractivity contribution in [1.82, 2.24) is 5.32 Å². The number of carbonyl (C=O) groups is 1. The Balaban J connectivity index is 2.25. The average Bonchev–Trinajstić information content (AvgIpc) is 2.57. The summed E-state index contributed by atoms with van der Waals surface area (Å²) in [4.78, 5) is 12.3. The number of aryl methyl sites for hydroxylation is 1. The standard InChI is InChI=1S/C18H23N3O3S/c1-13-9-10-16(20-18(22)14(2)12-19-3)11-17(13)25(23,24)21-15-7-5-4-6-8-15/h4-11,14,19,21H,12H2,1-3H3,(H,20,22). The minimum atomic E-state index is -3.75. The first-order chi connectivity index (χ1) is 11.8. The van der Waals surface area contributed by atoms with Gasteiger partial charge in [-0.3, -0.25) is 9.52 Å². The zero-order valence-corrected chi connectivity index (χ0v) is 15.4. The van der Waals surface area contributed by atoms with E-state index in [4.69, 9.17) is 0 Å². The lowest BCUT2D eigenvalue weighted by molar-refractivity contribution is -0.119. The first kappa shape index (κ1) is 19.0. The maximum atomic E-state index is 12.7. The summed E-state index contributed by atoms with van der Waals surface area (Å²) >= 11 is 0. The van der Waals surface area contributed by atoms with E-state index >= 15 is 0 Å². The molecule has 25 heavy (non-hydrogen) atoms. The Hall–Kier alpha value is -2.38. The minimum absolute atomic E-state index is 0.135. The van der Waals surface area contributed by atoms with E-state index in [1.54, 1.807) is 57.3 Å². The minimum Gasteiger partial charge on any atom is -0.326 e. The van der Waals surface area contributed by atoms with Crippen molar-refractivity contribution >= 4 is 27.3 Å². The number of amides is 1. The van der Waals surface area contributed by atoms with Gasteiger partial charge in [-0.25, -0.2) is 8.42 Å². The van der Waals surface area contributed by atoms with Crippen LogP contribution in [0.15, 0.2) is 53.4 Å². The molecule has 1 atom stereocenters. The second kappa shape index (κ2) is 8.13. The summed E-state index contributed by atoms with van der Waals surface area (Å²) in [5, 5.41) is 5.70. The molecular formula is C18H23N3O3S. The van der Waals surface area contributed by atoms with Crippen LogP contribution in [-0.2, 0) is 14.8 Å². The third-order valence-corrected chi connectivity index (χ3v) is 5.25. The van der Waals surface area contributed by atoms with Crippen LogP contribution in [-0.4, -0.2) is 27.9 Å². The predicted octanol–water partition coefficient (Wildman–Crippen LogP) is 2.59. The summed E-state index contributed by atoms with van der Waals surface area (Å²) in [6.07, 6.45) is 0. The smallest absolute Gasteiger partial charge is 0.262 e. The van der Waals surface area contributed by atoms with Gasteiger partial charge in [0.1, 0.15) is 0 Å². The summed E-state index contributed by atoms with van der Waals surface area (Å²) in [7, 11) is -1.97. The number of rotatable bonds is 7. The van der Waals surface area contributed by atoms with Crippen molar-refractivity contribution in [3.8, 4) is 0 Å². The van der Waals surface area contributed by atoms with E-state index in [9.17, 15) is 13.2 Å². The van der Waals surface area contributed by atoms with Crippen LogP contribution in [0.25, 0.3) is 0 Å². The van der Waals surface area contributed by atoms with Gasteiger partial charge in [0.05, 0.1) is 4.90 Å². The fourth-order valence-corrected chi connectivity index (χ4v) is 3.68. The number of carbonyl (C=O) groups excluding carboxylic acids is 1. The molecule has 0 aliphatic carbocycles. The van der Waals surface area contributed by atoms with Crippen LogP contribution in [0.4, 0.5) is 11.4 Å². The Morgan fingerprint density at radius 2 is 1.76 bits per heavy atom. The van der Waals surface area contributed by atoms with Crippen molar-refractivity contribution < 1.29 is 13.2 Å². The van der Waals surface area contributed by atoms with Gasteiger partial charge < -0.3 is 10.6 Å². The Morgan fingerprint density at radius 3 is 2.40 bits per heavy atom. The van der Waals surface area contributed by atoms with Gasteiger partial charge in [0.25, 0.3) is 10.0 Å². The molecule has 0 aromatic heterocycles. The molecule has 1 amide bonds. The van der Waals surface area contributed by atoms with Gasteiger partial charge in [-0.05, 0) is 43.8 Å². The number of nitrogens with one attached hydrogen (secondary N) is 3. The van der Waals surface area contributed by atoms with Crippen LogP contribution in [0, 0.1) is 12.8 Å². The molecule has 3 N–H and O–H groups in total. The number of hydrogen-bond acceptors (Lipinski definition) is 4. The van der Waals surface area contributed by atoms with Crippen LogP contribution in [0.2, 0.25) is 0 Å². The Bertz CT molecular complexity index is 836. The SMILES string of the molecule is CNCC(C)C(=O)Nc1ccc(C)c(S(=O)(=O)Nc2ccccc2)c1. The summed E-state index contributed by atoms with van der Waals surface area (Å²) in [5.41, 5.74) is 1.54. The Morgan fingerprint density at radius 1 is 1.08 bits per heavy atom. The zero-order valence-electron chi connectivity index (χ0n) is 14.5. The van der Waals surface area contributed by atoms with E-state index in [0.717, 1.165) is 0 Å². The van der Waals surface area contributed by atoms with Crippen LogP contribution in [0.5, 0.6) is 0 Å². The topological polar surface area (TPSA) is 87.3 Å². The molecule has 2 rings (SSSR count). The van der Waals surface area contributed by atoms with Crippen molar-refractivity contribution in [2.45, 2.75) is 18.7 Å². The molecule has 6 nitrogen and oxygen atoms in total. The fourth-order valence-electron chi connectivity index (χ4n) is 2.35. The quantitative estimate of drug-likeness (QED) is 0.707. The summed E-state index contributed by atoms with van der Waals surface area (Å²) in [6, 6.07) is 13.5. The number of benzene rings is 2. The molecule has 0 aliphatic rings. The number of para-hydroxylation sites is 1. The largest absolute Gasteiger partial charge is 0.326 e. The molecule has 2 aromatic rings. The second-order valence-electron chi connectivity index (χ2n) is 5.90. The normalized spacial score (nSPS) is 12.4. The maximum Gasteiger partial charge on any atom is 0.262 e. The highest BCUT2D eigenvalue weighted by Gasteiger charge is 2.19. The van der Waals surface area contributed by atoms with Crippen molar-refractivity contribution in [2.75, 3.05) is 23.6 Å². The van der Waals surface area contributed by atoms with Crippen LogP contribution < -0.4 is 15.4 Å². The van der Waals surface area contributed by atoms with Gasteiger partial charge in [-0.2, -0.15) is 0 Å². The second-order valence-corrected chi connectivity index (χ2v) is 7.55. The van der Waals surface area contributed by atoms with Crippen molar-refractivity contribution in [2.24, 2.45) is 5.92 Å². The molecule has 0 aliphatic heterocycles. The van der Waals surface area contributed by atoms with Crippen LogP contribution in [0.1, 0.15) is 12.5 Å². The lowest BCUT2D eigenvalue weighted by Crippen LogP contribution is -2.28. The first-order valence-electron chi connectivity index (χ1n) is 7.97. The number of anilines is 2. The number of sulfonamides is 1. The van der Waals surface area contributed by atoms with E-state index < -0.39 is 10.0 Å². The Kier molecular flexibility index (Phi) is 6.17. The third-order valence-electron chi connectivity index (χ3n) is 3.73. The van der Waals surface area contributed by atoms with Gasteiger partial charge in [0.2, 0.25) is 5.91 Å². The van der Waals surface area contributed by atoms with Crippen molar-refractivity contribution in [3.63, 3.8) is 0 Å². The lowest BCUT2D eigenvalue weighted by Gasteiger charge is -2.14. The summed E-state index contributed by atoms with van der Waals surface area (Å²) < 4.78 is 27.9. The van der Waals surface area contributed by atoms with Gasteiger partial charge >= 0.3 is 0 Å². The van der Waals surface area contributed by atoms with Gasteiger partial charge in [0, 0.05) is 23.8 Å². The average molecular weight is 361 g/mol. The lowest BCUT2D eigenvalue weighted by atomic mass is 10.1. The fraction of sp³-hybridized carbons (Fsp3) is 0.278. The molecular weight excluding hydrogens is 338 g/mol. The van der Waals surface area contributed by atoms with Gasteiger partial charge in [0.15, 0.2) is 0 Å². The maximum absolute atomic E-state index is 12.7. The zero-order chi connectivity index (χ0) is 18.4. The molecule has 0 saturated heterocycles. The highest BCUT2D eigenvalue weighted by Crippen LogP contribution is 2.23. The highest BCUT2D eigenvalue weighted by molar-refractivity contribution is 7.92.